The van der Waals surface area contributed by atoms with Crippen molar-refractivity contribution in [2.24, 2.45) is 0 Å². The first kappa shape index (κ1) is 13.3. The van der Waals surface area contributed by atoms with Gasteiger partial charge in [0.25, 0.3) is 0 Å². The topological polar surface area (TPSA) is 100 Å². The van der Waals surface area contributed by atoms with Crippen LogP contribution in [0.2, 0.25) is 5.28 Å². The summed E-state index contributed by atoms with van der Waals surface area (Å²) in [5.41, 5.74) is -1.81. The Kier molecular flexibility index (Phi) is 3.53. The molecule has 6 nitrogen and oxygen atoms in total. The molecule has 16 heavy (non-hydrogen) atoms. The van der Waals surface area contributed by atoms with E-state index < -0.39 is 22.0 Å². The standard InChI is InChI=1S/C8H11ClN2O4S/c1-8(13,4-12)5-3-10-7(9)11-6(5)16(2,14)15/h3,12-13H,4H2,1-2H3. The molecule has 1 aromatic rings. The van der Waals surface area contributed by atoms with E-state index in [1.54, 1.807) is 0 Å². The van der Waals surface area contributed by atoms with Gasteiger partial charge in [0.05, 0.1) is 6.61 Å². The summed E-state index contributed by atoms with van der Waals surface area (Å²) < 4.78 is 22.9. The molecular formula is C8H11ClN2O4S. The van der Waals surface area contributed by atoms with Gasteiger partial charge < -0.3 is 10.2 Å². The number of aliphatic hydroxyl groups is 2. The first-order valence-electron chi connectivity index (χ1n) is 4.25. The first-order chi connectivity index (χ1) is 7.18. The van der Waals surface area contributed by atoms with Crippen LogP contribution in [-0.2, 0) is 15.4 Å². The van der Waals surface area contributed by atoms with Crippen molar-refractivity contribution in [2.45, 2.75) is 17.6 Å². The molecule has 1 atom stereocenters. The van der Waals surface area contributed by atoms with E-state index in [4.69, 9.17) is 16.7 Å². The molecule has 0 aliphatic carbocycles. The molecule has 0 bridgehead atoms. The molecule has 0 aliphatic rings. The van der Waals surface area contributed by atoms with Gasteiger partial charge in [-0.3, -0.25) is 0 Å². The summed E-state index contributed by atoms with van der Waals surface area (Å²) in [5, 5.41) is 18.1. The van der Waals surface area contributed by atoms with E-state index in [9.17, 15) is 13.5 Å². The Balaban J connectivity index is 3.53. The molecule has 0 amide bonds. The average Bonchev–Trinajstić information content (AvgIpc) is 2.16. The van der Waals surface area contributed by atoms with E-state index in [0.29, 0.717) is 0 Å². The lowest BCUT2D eigenvalue weighted by Gasteiger charge is -2.22. The van der Waals surface area contributed by atoms with Crippen molar-refractivity contribution in [3.63, 3.8) is 0 Å². The van der Waals surface area contributed by atoms with Gasteiger partial charge >= 0.3 is 0 Å². The Morgan fingerprint density at radius 1 is 1.56 bits per heavy atom. The molecule has 0 saturated heterocycles. The second kappa shape index (κ2) is 4.25. The SMILES string of the molecule is CC(O)(CO)c1cnc(Cl)nc1S(C)(=O)=O. The monoisotopic (exact) mass is 266 g/mol. The van der Waals surface area contributed by atoms with E-state index in [-0.39, 0.29) is 15.9 Å². The highest BCUT2D eigenvalue weighted by molar-refractivity contribution is 7.90. The zero-order valence-electron chi connectivity index (χ0n) is 8.68. The molecule has 1 unspecified atom stereocenters. The lowest BCUT2D eigenvalue weighted by Crippen LogP contribution is -2.29. The highest BCUT2D eigenvalue weighted by Crippen LogP contribution is 2.25. The Bertz CT molecular complexity index is 501. The van der Waals surface area contributed by atoms with Gasteiger partial charge in [0.2, 0.25) is 5.28 Å². The van der Waals surface area contributed by atoms with Gasteiger partial charge in [-0.25, -0.2) is 18.4 Å². The zero-order valence-corrected chi connectivity index (χ0v) is 10.2. The summed E-state index contributed by atoms with van der Waals surface area (Å²) in [6.45, 7) is 0.606. The van der Waals surface area contributed by atoms with E-state index >= 15 is 0 Å². The average molecular weight is 267 g/mol. The normalized spacial score (nSPS) is 15.8. The van der Waals surface area contributed by atoms with Gasteiger partial charge in [-0.1, -0.05) is 0 Å². The summed E-state index contributed by atoms with van der Waals surface area (Å²) in [7, 11) is -3.66. The van der Waals surface area contributed by atoms with Crippen LogP contribution in [0.5, 0.6) is 0 Å². The van der Waals surface area contributed by atoms with Crippen LogP contribution < -0.4 is 0 Å². The maximum absolute atomic E-state index is 11.4. The van der Waals surface area contributed by atoms with Gasteiger partial charge in [0.1, 0.15) is 5.60 Å². The minimum atomic E-state index is -3.66. The van der Waals surface area contributed by atoms with Gasteiger partial charge in [0.15, 0.2) is 14.9 Å². The van der Waals surface area contributed by atoms with Crippen LogP contribution in [-0.4, -0.2) is 41.5 Å². The van der Waals surface area contributed by atoms with Crippen LogP contribution in [0.25, 0.3) is 0 Å². The number of hydrogen-bond acceptors (Lipinski definition) is 6. The largest absolute Gasteiger partial charge is 0.393 e. The number of aliphatic hydroxyl groups excluding tert-OH is 1. The number of halogens is 1. The number of rotatable bonds is 3. The Morgan fingerprint density at radius 3 is 2.56 bits per heavy atom. The van der Waals surface area contributed by atoms with Gasteiger partial charge in [0, 0.05) is 18.0 Å². The predicted molar refractivity (Wildman–Crippen MR) is 56.8 cm³/mol. The maximum atomic E-state index is 11.4. The molecule has 0 radical (unpaired) electrons. The highest BCUT2D eigenvalue weighted by atomic mass is 35.5. The molecule has 8 heteroatoms. The molecule has 0 aliphatic heterocycles. The second-order valence-corrected chi connectivity index (χ2v) is 5.83. The molecule has 0 aromatic carbocycles. The predicted octanol–water partition coefficient (Wildman–Crippen LogP) is -0.267. The minimum absolute atomic E-state index is 0.0816. The lowest BCUT2D eigenvalue weighted by molar-refractivity contribution is -0.00541. The van der Waals surface area contributed by atoms with Crippen LogP contribution in [0.1, 0.15) is 12.5 Å². The number of hydrogen-bond donors (Lipinski definition) is 2. The number of sulfone groups is 1. The van der Waals surface area contributed by atoms with E-state index in [2.05, 4.69) is 9.97 Å². The van der Waals surface area contributed by atoms with Crippen molar-refractivity contribution in [1.82, 2.24) is 9.97 Å². The molecule has 1 rings (SSSR count). The number of aromatic nitrogens is 2. The van der Waals surface area contributed by atoms with Crippen molar-refractivity contribution in [3.8, 4) is 0 Å². The third-order valence-corrected chi connectivity index (χ3v) is 3.16. The van der Waals surface area contributed by atoms with Crippen molar-refractivity contribution < 1.29 is 18.6 Å². The van der Waals surface area contributed by atoms with Gasteiger partial charge in [-0.15, -0.1) is 0 Å². The quantitative estimate of drug-likeness (QED) is 0.577. The summed E-state index contributed by atoms with van der Waals surface area (Å²) in [5.74, 6) is 0. The fourth-order valence-electron chi connectivity index (χ4n) is 1.08. The van der Waals surface area contributed by atoms with Crippen molar-refractivity contribution in [1.29, 1.82) is 0 Å². The highest BCUT2D eigenvalue weighted by Gasteiger charge is 2.30. The maximum Gasteiger partial charge on any atom is 0.223 e. The Labute approximate surface area is 97.8 Å². The van der Waals surface area contributed by atoms with Crippen molar-refractivity contribution >= 4 is 21.4 Å². The van der Waals surface area contributed by atoms with Crippen LogP contribution in [0.15, 0.2) is 11.2 Å². The number of nitrogens with zero attached hydrogens (tertiary/aromatic N) is 2. The third kappa shape index (κ3) is 2.67. The van der Waals surface area contributed by atoms with E-state index in [0.717, 1.165) is 12.5 Å². The molecule has 0 spiro atoms. The van der Waals surface area contributed by atoms with Crippen LogP contribution >= 0.6 is 11.6 Å². The van der Waals surface area contributed by atoms with Gasteiger partial charge in [-0.05, 0) is 18.5 Å². The van der Waals surface area contributed by atoms with Gasteiger partial charge in [-0.2, -0.15) is 0 Å². The smallest absolute Gasteiger partial charge is 0.223 e. The third-order valence-electron chi connectivity index (χ3n) is 1.96. The molecule has 90 valence electrons. The van der Waals surface area contributed by atoms with Crippen molar-refractivity contribution in [2.75, 3.05) is 12.9 Å². The van der Waals surface area contributed by atoms with Crippen LogP contribution in [0.4, 0.5) is 0 Å². The van der Waals surface area contributed by atoms with Crippen LogP contribution in [0, 0.1) is 0 Å². The molecular weight excluding hydrogens is 256 g/mol. The van der Waals surface area contributed by atoms with E-state index in [1.807, 2.05) is 0 Å². The van der Waals surface area contributed by atoms with Crippen molar-refractivity contribution in [3.05, 3.63) is 17.0 Å². The zero-order chi connectivity index (χ0) is 12.6. The minimum Gasteiger partial charge on any atom is -0.393 e. The summed E-state index contributed by atoms with van der Waals surface area (Å²) in [6, 6.07) is 0. The molecule has 0 fully saturated rings. The molecule has 0 saturated carbocycles. The fraction of sp³-hybridized carbons (Fsp3) is 0.500. The first-order valence-corrected chi connectivity index (χ1v) is 6.52. The second-order valence-electron chi connectivity index (χ2n) is 3.56. The van der Waals surface area contributed by atoms with Crippen LogP contribution in [0.3, 0.4) is 0 Å². The summed E-state index contributed by atoms with van der Waals surface area (Å²) in [4.78, 5) is 7.14. The molecule has 1 heterocycles. The molecule has 1 aromatic heterocycles. The summed E-state index contributed by atoms with van der Waals surface area (Å²) in [6.07, 6.45) is 2.02. The summed E-state index contributed by atoms with van der Waals surface area (Å²) >= 11 is 5.49. The fourth-order valence-corrected chi connectivity index (χ4v) is 2.19. The molecule has 2 N–H and O–H groups in total. The Morgan fingerprint density at radius 2 is 2.12 bits per heavy atom. The lowest BCUT2D eigenvalue weighted by atomic mass is 10.0. The Hall–Kier alpha value is -0.760. The van der Waals surface area contributed by atoms with E-state index in [1.165, 1.54) is 6.92 Å².